The fourth-order valence-corrected chi connectivity index (χ4v) is 4.84. The molecule has 8 heteroatoms. The molecule has 0 bridgehead atoms. The zero-order valence-electron chi connectivity index (χ0n) is 15.1. The smallest absolute Gasteiger partial charge is 0.243 e. The normalized spacial score (nSPS) is 16.2. The highest BCUT2D eigenvalue weighted by atomic mass is 35.5. The van der Waals surface area contributed by atoms with Crippen LogP contribution in [0.3, 0.4) is 0 Å². The molecule has 0 saturated carbocycles. The Kier molecular flexibility index (Phi) is 6.16. The lowest BCUT2D eigenvalue weighted by Crippen LogP contribution is -3.13. The highest BCUT2D eigenvalue weighted by Crippen LogP contribution is 2.19. The van der Waals surface area contributed by atoms with Gasteiger partial charge in [-0.1, -0.05) is 29.8 Å². The van der Waals surface area contributed by atoms with Crippen LogP contribution >= 0.6 is 11.6 Å². The number of piperazine rings is 1. The Morgan fingerprint density at radius 2 is 1.74 bits per heavy atom. The minimum atomic E-state index is -3.53. The van der Waals surface area contributed by atoms with Crippen molar-refractivity contribution in [2.24, 2.45) is 0 Å². The monoisotopic (exact) mass is 408 g/mol. The van der Waals surface area contributed by atoms with Crippen molar-refractivity contribution >= 4 is 33.2 Å². The lowest BCUT2D eigenvalue weighted by Gasteiger charge is -2.31. The van der Waals surface area contributed by atoms with Gasteiger partial charge in [0.25, 0.3) is 0 Å². The van der Waals surface area contributed by atoms with E-state index < -0.39 is 10.0 Å². The van der Waals surface area contributed by atoms with E-state index in [0.29, 0.717) is 18.8 Å². The van der Waals surface area contributed by atoms with Crippen molar-refractivity contribution in [1.29, 1.82) is 0 Å². The SMILES string of the molecule is CC(=O)Nc1ccc(S(=O)(=O)N2CC[NH+](Cc3ccccc3Cl)CC2)cc1. The van der Waals surface area contributed by atoms with Gasteiger partial charge in [0.2, 0.25) is 15.9 Å². The van der Waals surface area contributed by atoms with Gasteiger partial charge in [0, 0.05) is 23.2 Å². The van der Waals surface area contributed by atoms with Gasteiger partial charge in [0.1, 0.15) is 6.54 Å². The van der Waals surface area contributed by atoms with E-state index in [1.807, 2.05) is 24.3 Å². The van der Waals surface area contributed by atoms with Gasteiger partial charge in [-0.15, -0.1) is 0 Å². The Bertz CT molecular complexity index is 908. The van der Waals surface area contributed by atoms with E-state index in [1.165, 1.54) is 28.3 Å². The van der Waals surface area contributed by atoms with Crippen LogP contribution in [0, 0.1) is 0 Å². The Morgan fingerprint density at radius 3 is 2.33 bits per heavy atom. The van der Waals surface area contributed by atoms with Crippen LogP contribution in [0.15, 0.2) is 53.4 Å². The number of nitrogens with zero attached hydrogens (tertiary/aromatic N) is 1. The number of anilines is 1. The van der Waals surface area contributed by atoms with E-state index in [2.05, 4.69) is 5.32 Å². The first-order valence-electron chi connectivity index (χ1n) is 8.81. The molecule has 2 aromatic carbocycles. The summed E-state index contributed by atoms with van der Waals surface area (Å²) in [5, 5.41) is 3.38. The molecule has 1 saturated heterocycles. The van der Waals surface area contributed by atoms with Crippen molar-refractivity contribution < 1.29 is 18.1 Å². The van der Waals surface area contributed by atoms with E-state index in [4.69, 9.17) is 11.6 Å². The second-order valence-corrected chi connectivity index (χ2v) is 8.97. The number of carbonyl (C=O) groups is 1. The topological polar surface area (TPSA) is 70.9 Å². The van der Waals surface area contributed by atoms with Gasteiger partial charge >= 0.3 is 0 Å². The Labute approximate surface area is 164 Å². The van der Waals surface area contributed by atoms with Crippen LogP contribution in [-0.4, -0.2) is 44.8 Å². The summed E-state index contributed by atoms with van der Waals surface area (Å²) in [6, 6.07) is 14.0. The van der Waals surface area contributed by atoms with Gasteiger partial charge in [-0.25, -0.2) is 8.42 Å². The molecule has 3 rings (SSSR count). The lowest BCUT2D eigenvalue weighted by atomic mass is 10.2. The molecule has 27 heavy (non-hydrogen) atoms. The maximum absolute atomic E-state index is 12.8. The molecule has 0 aliphatic carbocycles. The molecule has 1 aliphatic heterocycles. The number of nitrogens with one attached hydrogen (secondary N) is 2. The molecule has 0 unspecified atom stereocenters. The molecule has 1 aliphatic rings. The average molecular weight is 409 g/mol. The first kappa shape index (κ1) is 19.8. The van der Waals surface area contributed by atoms with Gasteiger partial charge in [0.05, 0.1) is 31.1 Å². The number of rotatable bonds is 5. The van der Waals surface area contributed by atoms with Crippen LogP contribution in [0.4, 0.5) is 5.69 Å². The van der Waals surface area contributed by atoms with Crippen molar-refractivity contribution in [3.8, 4) is 0 Å². The predicted molar refractivity (Wildman–Crippen MR) is 105 cm³/mol. The minimum absolute atomic E-state index is 0.191. The van der Waals surface area contributed by atoms with Crippen molar-refractivity contribution in [2.45, 2.75) is 18.4 Å². The average Bonchev–Trinajstić information content (AvgIpc) is 2.64. The predicted octanol–water partition coefficient (Wildman–Crippen LogP) is 1.39. The number of carbonyl (C=O) groups excluding carboxylic acids is 1. The molecule has 144 valence electrons. The zero-order chi connectivity index (χ0) is 19.4. The maximum atomic E-state index is 12.8. The summed E-state index contributed by atoms with van der Waals surface area (Å²) in [5.74, 6) is -0.191. The Hall–Kier alpha value is -1.93. The van der Waals surface area contributed by atoms with Crippen LogP contribution in [0.2, 0.25) is 5.02 Å². The van der Waals surface area contributed by atoms with Crippen LogP contribution in [-0.2, 0) is 21.4 Å². The Morgan fingerprint density at radius 1 is 1.11 bits per heavy atom. The first-order chi connectivity index (χ1) is 12.9. The van der Waals surface area contributed by atoms with E-state index in [9.17, 15) is 13.2 Å². The number of hydrogen-bond acceptors (Lipinski definition) is 3. The second-order valence-electron chi connectivity index (χ2n) is 6.63. The summed E-state index contributed by atoms with van der Waals surface area (Å²) in [4.78, 5) is 12.6. The van der Waals surface area contributed by atoms with Gasteiger partial charge < -0.3 is 10.2 Å². The molecule has 1 amide bonds. The van der Waals surface area contributed by atoms with Crippen LogP contribution in [0.25, 0.3) is 0 Å². The van der Waals surface area contributed by atoms with Crippen LogP contribution in [0.5, 0.6) is 0 Å². The number of amides is 1. The second kappa shape index (κ2) is 8.39. The van der Waals surface area contributed by atoms with Crippen molar-refractivity contribution in [2.75, 3.05) is 31.5 Å². The summed E-state index contributed by atoms with van der Waals surface area (Å²) in [6.45, 7) is 4.60. The van der Waals surface area contributed by atoms with Gasteiger partial charge in [0.15, 0.2) is 0 Å². The zero-order valence-corrected chi connectivity index (χ0v) is 16.7. The number of benzene rings is 2. The molecule has 2 aromatic rings. The Balaban J connectivity index is 1.62. The number of quaternary nitrogens is 1. The third-order valence-corrected chi connectivity index (χ3v) is 6.92. The molecular weight excluding hydrogens is 386 g/mol. The molecule has 0 aromatic heterocycles. The fraction of sp³-hybridized carbons (Fsp3) is 0.316. The molecule has 1 fully saturated rings. The van der Waals surface area contributed by atoms with E-state index in [-0.39, 0.29) is 10.8 Å². The van der Waals surface area contributed by atoms with Crippen molar-refractivity contribution in [3.63, 3.8) is 0 Å². The van der Waals surface area contributed by atoms with Gasteiger partial charge in [-0.05, 0) is 30.3 Å². The summed E-state index contributed by atoms with van der Waals surface area (Å²) >= 11 is 6.22. The first-order valence-corrected chi connectivity index (χ1v) is 10.6. The molecule has 1 heterocycles. The molecule has 2 N–H and O–H groups in total. The van der Waals surface area contributed by atoms with Gasteiger partial charge in [-0.2, -0.15) is 4.31 Å². The van der Waals surface area contributed by atoms with E-state index in [0.717, 1.165) is 30.2 Å². The molecule has 0 atom stereocenters. The summed E-state index contributed by atoms with van der Waals surface area (Å²) in [7, 11) is -3.53. The molecule has 0 radical (unpaired) electrons. The van der Waals surface area contributed by atoms with Gasteiger partial charge in [-0.3, -0.25) is 4.79 Å². The van der Waals surface area contributed by atoms with E-state index >= 15 is 0 Å². The van der Waals surface area contributed by atoms with Crippen molar-refractivity contribution in [3.05, 3.63) is 59.1 Å². The number of hydrogen-bond donors (Lipinski definition) is 2. The molecular formula is C19H23ClN3O3S+. The highest BCUT2D eigenvalue weighted by molar-refractivity contribution is 7.89. The largest absolute Gasteiger partial charge is 0.329 e. The third-order valence-electron chi connectivity index (χ3n) is 4.64. The fourth-order valence-electron chi connectivity index (χ4n) is 3.19. The maximum Gasteiger partial charge on any atom is 0.243 e. The minimum Gasteiger partial charge on any atom is -0.329 e. The highest BCUT2D eigenvalue weighted by Gasteiger charge is 2.30. The van der Waals surface area contributed by atoms with E-state index in [1.54, 1.807) is 12.1 Å². The van der Waals surface area contributed by atoms with Crippen LogP contribution in [0.1, 0.15) is 12.5 Å². The quantitative estimate of drug-likeness (QED) is 0.785. The van der Waals surface area contributed by atoms with Crippen molar-refractivity contribution in [1.82, 2.24) is 4.31 Å². The lowest BCUT2D eigenvalue weighted by molar-refractivity contribution is -0.917. The summed E-state index contributed by atoms with van der Waals surface area (Å²) in [5.41, 5.74) is 1.66. The number of sulfonamides is 1. The third kappa shape index (κ3) is 4.87. The molecule has 0 spiro atoms. The standard InChI is InChI=1S/C19H22ClN3O3S/c1-15(24)21-17-6-8-18(9-7-17)27(25,26)23-12-10-22(11-13-23)14-16-4-2-3-5-19(16)20/h2-9H,10-14H2,1H3,(H,21,24)/p+1. The summed E-state index contributed by atoms with van der Waals surface area (Å²) in [6.07, 6.45) is 0. The van der Waals surface area contributed by atoms with Crippen LogP contribution < -0.4 is 10.2 Å². The number of halogens is 1. The summed E-state index contributed by atoms with van der Waals surface area (Å²) < 4.78 is 27.2. The molecule has 6 nitrogen and oxygen atoms in total.